The number of benzene rings is 8. The normalized spacial score (nSPS) is 13.6. The molecule has 2 aromatic heterocycles. The lowest BCUT2D eigenvalue weighted by molar-refractivity contribution is 0.657. The Hall–Kier alpha value is -6.32. The number of nitrogens with zero attached hydrogens (tertiary/aromatic N) is 3. The number of hydrogen-bond donors (Lipinski definition) is 0. The molecule has 10 aromatic rings. The van der Waals surface area contributed by atoms with Crippen molar-refractivity contribution in [3.05, 3.63) is 163 Å². The lowest BCUT2D eigenvalue weighted by atomic mass is 9.81. The molecular formula is C47H31N3. The predicted octanol–water partition coefficient (Wildman–Crippen LogP) is 12.2. The molecule has 1 aliphatic rings. The van der Waals surface area contributed by atoms with Gasteiger partial charge in [-0.1, -0.05) is 153 Å². The summed E-state index contributed by atoms with van der Waals surface area (Å²) in [4.78, 5) is 11.1. The van der Waals surface area contributed by atoms with E-state index in [1.807, 2.05) is 0 Å². The fourth-order valence-electron chi connectivity index (χ4n) is 8.99. The van der Waals surface area contributed by atoms with Gasteiger partial charge in [0.1, 0.15) is 0 Å². The summed E-state index contributed by atoms with van der Waals surface area (Å²) >= 11 is 0. The zero-order chi connectivity index (χ0) is 33.1. The molecule has 0 saturated heterocycles. The van der Waals surface area contributed by atoms with Crippen molar-refractivity contribution < 1.29 is 0 Å². The van der Waals surface area contributed by atoms with Crippen molar-refractivity contribution in [1.29, 1.82) is 0 Å². The van der Waals surface area contributed by atoms with Gasteiger partial charge in [0.2, 0.25) is 5.95 Å². The van der Waals surface area contributed by atoms with E-state index in [0.29, 0.717) is 5.95 Å². The molecule has 0 fully saturated rings. The molecular weight excluding hydrogens is 607 g/mol. The molecule has 1 aliphatic carbocycles. The first-order chi connectivity index (χ1) is 24.6. The average molecular weight is 638 g/mol. The maximum atomic E-state index is 5.56. The molecule has 0 unspecified atom stereocenters. The quantitative estimate of drug-likeness (QED) is 0.177. The number of fused-ring (bicyclic) bond motifs is 15. The highest BCUT2D eigenvalue weighted by Gasteiger charge is 2.40. The fraction of sp³-hybridized carbons (Fsp3) is 0.0638. The van der Waals surface area contributed by atoms with Crippen molar-refractivity contribution in [2.75, 3.05) is 0 Å². The first-order valence-electron chi connectivity index (χ1n) is 17.4. The van der Waals surface area contributed by atoms with E-state index in [0.717, 1.165) is 28.0 Å². The Kier molecular flexibility index (Phi) is 5.45. The van der Waals surface area contributed by atoms with Crippen LogP contribution in [0.5, 0.6) is 0 Å². The van der Waals surface area contributed by atoms with Crippen LogP contribution in [-0.2, 0) is 5.41 Å². The molecule has 8 aromatic carbocycles. The zero-order valence-electron chi connectivity index (χ0n) is 27.8. The van der Waals surface area contributed by atoms with Crippen LogP contribution in [0.25, 0.3) is 93.4 Å². The highest BCUT2D eigenvalue weighted by molar-refractivity contribution is 6.37. The molecule has 50 heavy (non-hydrogen) atoms. The molecule has 0 saturated carbocycles. The monoisotopic (exact) mass is 637 g/mol. The minimum atomic E-state index is -0.247. The van der Waals surface area contributed by atoms with E-state index in [9.17, 15) is 0 Å². The smallest absolute Gasteiger partial charge is 0.235 e. The number of hydrogen-bond acceptors (Lipinski definition) is 2. The topological polar surface area (TPSA) is 30.7 Å². The summed E-state index contributed by atoms with van der Waals surface area (Å²) in [5, 5.41) is 12.5. The molecule has 3 nitrogen and oxygen atoms in total. The Labute approximate surface area is 289 Å². The number of aromatic nitrogens is 3. The summed E-state index contributed by atoms with van der Waals surface area (Å²) in [6.45, 7) is 4.61. The SMILES string of the molecule is CC1(C)c2ccccc2-c2nc(-n3c4ccc5ccccc5c4c4c5c6ccccc6c6ccccc6c5ccc43)nc(-c3ccccc3)c21. The van der Waals surface area contributed by atoms with Crippen LogP contribution in [0.3, 0.4) is 0 Å². The predicted molar refractivity (Wildman–Crippen MR) is 209 cm³/mol. The van der Waals surface area contributed by atoms with Gasteiger partial charge in [0.05, 0.1) is 22.4 Å². The van der Waals surface area contributed by atoms with Gasteiger partial charge in [0.25, 0.3) is 0 Å². The van der Waals surface area contributed by atoms with Gasteiger partial charge in [0.15, 0.2) is 0 Å². The van der Waals surface area contributed by atoms with Crippen LogP contribution >= 0.6 is 0 Å². The standard InChI is InChI=1S/C47H31N3/c1-47(2)37-23-13-12-22-36(37)45-43(47)44(29-15-4-3-5-16-29)48-46(49-45)50-38-26-24-28-14-6-7-17-30(28)41(38)42-39(50)27-25-35-33-20-9-8-18-31(33)32-19-10-11-21-34(32)40(35)42/h3-27H,1-2H3. The zero-order valence-corrected chi connectivity index (χ0v) is 27.8. The third-order valence-corrected chi connectivity index (χ3v) is 11.2. The Bertz CT molecular complexity index is 3020. The van der Waals surface area contributed by atoms with Crippen LogP contribution < -0.4 is 0 Å². The van der Waals surface area contributed by atoms with E-state index < -0.39 is 0 Å². The van der Waals surface area contributed by atoms with E-state index in [1.54, 1.807) is 0 Å². The van der Waals surface area contributed by atoms with Crippen LogP contribution in [0, 0.1) is 0 Å². The van der Waals surface area contributed by atoms with E-state index in [1.165, 1.54) is 70.6 Å². The van der Waals surface area contributed by atoms with Crippen molar-refractivity contribution in [3.8, 4) is 28.5 Å². The number of rotatable bonds is 2. The van der Waals surface area contributed by atoms with Gasteiger partial charge in [-0.25, -0.2) is 9.97 Å². The van der Waals surface area contributed by atoms with Crippen molar-refractivity contribution in [3.63, 3.8) is 0 Å². The van der Waals surface area contributed by atoms with Crippen LogP contribution in [-0.4, -0.2) is 14.5 Å². The van der Waals surface area contributed by atoms with Crippen LogP contribution in [0.1, 0.15) is 25.0 Å². The third-order valence-electron chi connectivity index (χ3n) is 11.2. The summed E-state index contributed by atoms with van der Waals surface area (Å²) in [6.07, 6.45) is 0. The second-order valence-corrected chi connectivity index (χ2v) is 14.1. The van der Waals surface area contributed by atoms with E-state index >= 15 is 0 Å². The molecule has 3 heteroatoms. The largest absolute Gasteiger partial charge is 0.278 e. The molecule has 0 radical (unpaired) electrons. The maximum Gasteiger partial charge on any atom is 0.235 e. The minimum absolute atomic E-state index is 0.247. The van der Waals surface area contributed by atoms with E-state index in [2.05, 4.69) is 170 Å². The average Bonchev–Trinajstić information content (AvgIpc) is 3.64. The highest BCUT2D eigenvalue weighted by atomic mass is 15.2. The van der Waals surface area contributed by atoms with Crippen LogP contribution in [0.4, 0.5) is 0 Å². The molecule has 0 N–H and O–H groups in total. The summed E-state index contributed by atoms with van der Waals surface area (Å²) < 4.78 is 2.32. The Morgan fingerprint density at radius 1 is 0.440 bits per heavy atom. The van der Waals surface area contributed by atoms with Crippen molar-refractivity contribution in [2.24, 2.45) is 0 Å². The Balaban J connectivity index is 1.37. The van der Waals surface area contributed by atoms with Gasteiger partial charge < -0.3 is 0 Å². The summed E-state index contributed by atoms with van der Waals surface area (Å²) in [6, 6.07) is 55.0. The molecule has 0 aliphatic heterocycles. The second-order valence-electron chi connectivity index (χ2n) is 14.1. The lowest BCUT2D eigenvalue weighted by Gasteiger charge is -2.24. The lowest BCUT2D eigenvalue weighted by Crippen LogP contribution is -2.18. The van der Waals surface area contributed by atoms with Gasteiger partial charge in [-0.05, 0) is 55.4 Å². The summed E-state index contributed by atoms with van der Waals surface area (Å²) in [7, 11) is 0. The summed E-state index contributed by atoms with van der Waals surface area (Å²) in [5.74, 6) is 0.690. The molecule has 0 spiro atoms. The maximum absolute atomic E-state index is 5.56. The molecule has 0 atom stereocenters. The van der Waals surface area contributed by atoms with E-state index in [4.69, 9.17) is 9.97 Å². The molecule has 234 valence electrons. The van der Waals surface area contributed by atoms with Gasteiger partial charge >= 0.3 is 0 Å². The highest BCUT2D eigenvalue weighted by Crippen LogP contribution is 2.52. The minimum Gasteiger partial charge on any atom is -0.278 e. The Morgan fingerprint density at radius 3 is 1.78 bits per heavy atom. The van der Waals surface area contributed by atoms with Crippen molar-refractivity contribution in [2.45, 2.75) is 19.3 Å². The molecule has 2 heterocycles. The first-order valence-corrected chi connectivity index (χ1v) is 17.4. The van der Waals surface area contributed by atoms with Crippen molar-refractivity contribution >= 4 is 64.9 Å². The molecule has 0 bridgehead atoms. The van der Waals surface area contributed by atoms with Gasteiger partial charge in [-0.3, -0.25) is 4.57 Å². The van der Waals surface area contributed by atoms with Crippen LogP contribution in [0.15, 0.2) is 152 Å². The van der Waals surface area contributed by atoms with Crippen LogP contribution in [0.2, 0.25) is 0 Å². The van der Waals surface area contributed by atoms with Gasteiger partial charge in [0, 0.05) is 38.3 Å². The van der Waals surface area contributed by atoms with Gasteiger partial charge in [-0.2, -0.15) is 0 Å². The Morgan fingerprint density at radius 2 is 1.00 bits per heavy atom. The molecule has 0 amide bonds. The first kappa shape index (κ1) is 27.6. The third kappa shape index (κ3) is 3.54. The fourth-order valence-corrected chi connectivity index (χ4v) is 8.99. The molecule has 11 rings (SSSR count). The van der Waals surface area contributed by atoms with Gasteiger partial charge in [-0.15, -0.1) is 0 Å². The van der Waals surface area contributed by atoms with Crippen molar-refractivity contribution in [1.82, 2.24) is 14.5 Å². The van der Waals surface area contributed by atoms with E-state index in [-0.39, 0.29) is 5.41 Å². The second kappa shape index (κ2) is 9.87. The summed E-state index contributed by atoms with van der Waals surface area (Å²) in [5.41, 5.74) is 8.72.